The van der Waals surface area contributed by atoms with Crippen LogP contribution in [0.15, 0.2) is 5.16 Å². The zero-order chi connectivity index (χ0) is 12.0. The summed E-state index contributed by atoms with van der Waals surface area (Å²) in [6, 6.07) is 0. The predicted octanol–water partition coefficient (Wildman–Crippen LogP) is 2.62. The standard InChI is InChI=1S/C14H21NO3/c1-2-7-14(8-3-1)16-9-12(17-14)13-10-5-4-6-11(10)15-18-13/h10,12-13H,1-9H2/t10-,12+,13+/m0/s1. The molecule has 4 nitrogen and oxygen atoms in total. The fourth-order valence-electron chi connectivity index (χ4n) is 3.94. The van der Waals surface area contributed by atoms with Crippen LogP contribution < -0.4 is 0 Å². The molecule has 3 fully saturated rings. The first kappa shape index (κ1) is 11.2. The van der Waals surface area contributed by atoms with Crippen LogP contribution in [-0.4, -0.2) is 30.3 Å². The molecule has 0 unspecified atom stereocenters. The highest BCUT2D eigenvalue weighted by Gasteiger charge is 2.50. The summed E-state index contributed by atoms with van der Waals surface area (Å²) >= 11 is 0. The second-order valence-corrected chi connectivity index (χ2v) is 6.09. The Morgan fingerprint density at radius 2 is 2.00 bits per heavy atom. The number of ether oxygens (including phenoxy) is 2. The second-order valence-electron chi connectivity index (χ2n) is 6.09. The van der Waals surface area contributed by atoms with Crippen molar-refractivity contribution in [3.63, 3.8) is 0 Å². The number of hydrogen-bond acceptors (Lipinski definition) is 4. The maximum Gasteiger partial charge on any atom is 0.169 e. The van der Waals surface area contributed by atoms with Crippen molar-refractivity contribution >= 4 is 5.71 Å². The second kappa shape index (κ2) is 4.20. The summed E-state index contributed by atoms with van der Waals surface area (Å²) in [5.41, 5.74) is 1.26. The molecule has 0 bridgehead atoms. The number of hydrogen-bond donors (Lipinski definition) is 0. The maximum atomic E-state index is 6.26. The first-order valence-electron chi connectivity index (χ1n) is 7.41. The van der Waals surface area contributed by atoms with Crippen molar-refractivity contribution in [2.24, 2.45) is 11.1 Å². The first-order valence-corrected chi connectivity index (χ1v) is 7.41. The van der Waals surface area contributed by atoms with Crippen LogP contribution in [0.3, 0.4) is 0 Å². The number of fused-ring (bicyclic) bond motifs is 1. The van der Waals surface area contributed by atoms with Crippen molar-refractivity contribution in [2.75, 3.05) is 6.61 Å². The van der Waals surface area contributed by atoms with E-state index in [-0.39, 0.29) is 18.0 Å². The van der Waals surface area contributed by atoms with E-state index in [2.05, 4.69) is 5.16 Å². The van der Waals surface area contributed by atoms with Gasteiger partial charge in [-0.2, -0.15) is 0 Å². The van der Waals surface area contributed by atoms with Gasteiger partial charge in [0.2, 0.25) is 0 Å². The van der Waals surface area contributed by atoms with Crippen LogP contribution >= 0.6 is 0 Å². The van der Waals surface area contributed by atoms with Gasteiger partial charge >= 0.3 is 0 Å². The number of rotatable bonds is 1. The van der Waals surface area contributed by atoms with E-state index in [0.717, 1.165) is 19.3 Å². The lowest BCUT2D eigenvalue weighted by Gasteiger charge is -2.32. The summed E-state index contributed by atoms with van der Waals surface area (Å²) < 4.78 is 12.3. The van der Waals surface area contributed by atoms with Crippen molar-refractivity contribution in [3.05, 3.63) is 0 Å². The maximum absolute atomic E-state index is 6.26. The highest BCUT2D eigenvalue weighted by molar-refractivity contribution is 5.89. The van der Waals surface area contributed by atoms with E-state index in [1.54, 1.807) is 0 Å². The van der Waals surface area contributed by atoms with E-state index in [1.165, 1.54) is 37.8 Å². The third kappa shape index (κ3) is 1.69. The summed E-state index contributed by atoms with van der Waals surface area (Å²) in [6.45, 7) is 0.684. The summed E-state index contributed by atoms with van der Waals surface area (Å²) in [4.78, 5) is 5.62. The summed E-state index contributed by atoms with van der Waals surface area (Å²) in [6.07, 6.45) is 9.64. The normalized spacial score (nSPS) is 41.8. The molecule has 2 aliphatic carbocycles. The third-order valence-electron chi connectivity index (χ3n) is 4.92. The minimum Gasteiger partial charge on any atom is -0.389 e. The van der Waals surface area contributed by atoms with Crippen LogP contribution in [0.25, 0.3) is 0 Å². The van der Waals surface area contributed by atoms with Crippen molar-refractivity contribution in [1.82, 2.24) is 0 Å². The van der Waals surface area contributed by atoms with Gasteiger partial charge in [0.1, 0.15) is 6.10 Å². The molecule has 1 saturated heterocycles. The Kier molecular flexibility index (Phi) is 2.62. The fourth-order valence-corrected chi connectivity index (χ4v) is 3.94. The number of nitrogens with zero attached hydrogens (tertiary/aromatic N) is 1. The molecule has 4 heteroatoms. The number of oxime groups is 1. The lowest BCUT2D eigenvalue weighted by atomic mass is 9.94. The van der Waals surface area contributed by atoms with Crippen LogP contribution in [-0.2, 0) is 14.3 Å². The Bertz CT molecular complexity index is 362. The molecule has 0 aromatic heterocycles. The van der Waals surface area contributed by atoms with E-state index in [1.807, 2.05) is 0 Å². The van der Waals surface area contributed by atoms with Gasteiger partial charge in [0.15, 0.2) is 11.9 Å². The van der Waals surface area contributed by atoms with Crippen LogP contribution in [0.1, 0.15) is 51.4 Å². The molecule has 1 spiro atoms. The fraction of sp³-hybridized carbons (Fsp3) is 0.929. The van der Waals surface area contributed by atoms with E-state index >= 15 is 0 Å². The topological polar surface area (TPSA) is 40.0 Å². The van der Waals surface area contributed by atoms with Gasteiger partial charge in [-0.1, -0.05) is 11.6 Å². The van der Waals surface area contributed by atoms with Gasteiger partial charge in [-0.25, -0.2) is 0 Å². The molecular weight excluding hydrogens is 230 g/mol. The highest BCUT2D eigenvalue weighted by Crippen LogP contribution is 2.42. The molecule has 0 radical (unpaired) electrons. The van der Waals surface area contributed by atoms with Crippen LogP contribution in [0, 0.1) is 5.92 Å². The van der Waals surface area contributed by atoms with E-state index in [9.17, 15) is 0 Å². The van der Waals surface area contributed by atoms with Gasteiger partial charge < -0.3 is 14.3 Å². The Balaban J connectivity index is 1.45. The van der Waals surface area contributed by atoms with E-state index in [4.69, 9.17) is 14.3 Å². The monoisotopic (exact) mass is 251 g/mol. The van der Waals surface area contributed by atoms with Gasteiger partial charge in [0, 0.05) is 18.8 Å². The van der Waals surface area contributed by atoms with Gasteiger partial charge in [0.25, 0.3) is 0 Å². The molecule has 2 saturated carbocycles. The molecule has 4 aliphatic rings. The SMILES string of the molecule is C1CCC2(CC1)OC[C@H]([C@@H]1ON=C3CCC[C@@H]31)O2. The predicted molar refractivity (Wildman–Crippen MR) is 66.3 cm³/mol. The Hall–Kier alpha value is -0.610. The average molecular weight is 251 g/mol. The average Bonchev–Trinajstić information content (AvgIpc) is 3.05. The van der Waals surface area contributed by atoms with Crippen LogP contribution in [0.5, 0.6) is 0 Å². The Morgan fingerprint density at radius 1 is 1.11 bits per heavy atom. The van der Waals surface area contributed by atoms with Gasteiger partial charge in [0.05, 0.1) is 12.3 Å². The van der Waals surface area contributed by atoms with Crippen molar-refractivity contribution < 1.29 is 14.3 Å². The minimum absolute atomic E-state index is 0.0902. The third-order valence-corrected chi connectivity index (χ3v) is 4.92. The van der Waals surface area contributed by atoms with Crippen molar-refractivity contribution in [3.8, 4) is 0 Å². The molecule has 0 aromatic carbocycles. The van der Waals surface area contributed by atoms with Crippen LogP contribution in [0.4, 0.5) is 0 Å². The van der Waals surface area contributed by atoms with E-state index in [0.29, 0.717) is 12.5 Å². The van der Waals surface area contributed by atoms with Gasteiger partial charge in [-0.05, 0) is 32.1 Å². The molecule has 100 valence electrons. The molecule has 2 aliphatic heterocycles. The summed E-state index contributed by atoms with van der Waals surface area (Å²) in [5, 5.41) is 4.24. The molecular formula is C14H21NO3. The molecule has 2 heterocycles. The molecule has 4 rings (SSSR count). The summed E-state index contributed by atoms with van der Waals surface area (Å²) in [5.74, 6) is 0.213. The molecule has 0 amide bonds. The quantitative estimate of drug-likeness (QED) is 0.719. The van der Waals surface area contributed by atoms with Gasteiger partial charge in [-0.15, -0.1) is 0 Å². The molecule has 0 N–H and O–H groups in total. The Labute approximate surface area is 108 Å². The molecule has 3 atom stereocenters. The zero-order valence-electron chi connectivity index (χ0n) is 10.8. The zero-order valence-corrected chi connectivity index (χ0v) is 10.8. The lowest BCUT2D eigenvalue weighted by Crippen LogP contribution is -2.38. The lowest BCUT2D eigenvalue weighted by molar-refractivity contribution is -0.199. The highest BCUT2D eigenvalue weighted by atomic mass is 16.8. The van der Waals surface area contributed by atoms with Gasteiger partial charge in [-0.3, -0.25) is 0 Å². The summed E-state index contributed by atoms with van der Waals surface area (Å²) in [7, 11) is 0. The van der Waals surface area contributed by atoms with Crippen LogP contribution in [0.2, 0.25) is 0 Å². The minimum atomic E-state index is -0.284. The molecule has 18 heavy (non-hydrogen) atoms. The first-order chi connectivity index (χ1) is 8.86. The van der Waals surface area contributed by atoms with Crippen molar-refractivity contribution in [1.29, 1.82) is 0 Å². The van der Waals surface area contributed by atoms with Crippen molar-refractivity contribution in [2.45, 2.75) is 69.4 Å². The Morgan fingerprint density at radius 3 is 2.89 bits per heavy atom. The molecule has 0 aromatic rings. The van der Waals surface area contributed by atoms with E-state index < -0.39 is 0 Å². The largest absolute Gasteiger partial charge is 0.389 e. The smallest absolute Gasteiger partial charge is 0.169 e.